The van der Waals surface area contributed by atoms with Crippen LogP contribution in [0.3, 0.4) is 0 Å². The number of hydrogen-bond acceptors (Lipinski definition) is 5. The smallest absolute Gasteiger partial charge is 0.360 e. The number of carbonyl (C=O) groups is 1. The summed E-state index contributed by atoms with van der Waals surface area (Å²) in [6.07, 6.45) is 1.81. The van der Waals surface area contributed by atoms with E-state index in [0.717, 1.165) is 22.0 Å². The Morgan fingerprint density at radius 1 is 1.07 bits per heavy atom. The number of hydrogen-bond donors (Lipinski definition) is 0. The highest BCUT2D eigenvalue weighted by Gasteiger charge is 2.21. The molecule has 0 aliphatic heterocycles. The largest absolute Gasteiger partial charge is 0.461 e. The molecule has 0 N–H and O–H groups in total. The summed E-state index contributed by atoms with van der Waals surface area (Å²) in [5, 5.41) is 10.9. The monoisotopic (exact) mass is 358 g/mol. The van der Waals surface area contributed by atoms with Crippen molar-refractivity contribution in [3.8, 4) is 0 Å². The molecule has 0 amide bonds. The Bertz CT molecular complexity index is 1170. The van der Waals surface area contributed by atoms with Gasteiger partial charge in [-0.05, 0) is 36.9 Å². The van der Waals surface area contributed by atoms with Gasteiger partial charge in [-0.3, -0.25) is 4.40 Å². The minimum absolute atomic E-state index is 0.162. The summed E-state index contributed by atoms with van der Waals surface area (Å²) in [6, 6.07) is 17.6. The minimum Gasteiger partial charge on any atom is -0.461 e. The molecule has 27 heavy (non-hydrogen) atoms. The first-order chi connectivity index (χ1) is 13.2. The van der Waals surface area contributed by atoms with Crippen molar-refractivity contribution in [3.05, 3.63) is 72.1 Å². The van der Waals surface area contributed by atoms with Crippen molar-refractivity contribution in [1.82, 2.24) is 9.38 Å². The summed E-state index contributed by atoms with van der Waals surface area (Å²) in [5.41, 5.74) is 2.49. The summed E-state index contributed by atoms with van der Waals surface area (Å²) in [6.45, 7) is 3.96. The highest BCUT2D eigenvalue weighted by molar-refractivity contribution is 5.94. The molecule has 0 saturated carbocycles. The maximum atomic E-state index is 12.4. The Kier molecular flexibility index (Phi) is 4.38. The molecule has 0 aliphatic carbocycles. The van der Waals surface area contributed by atoms with Crippen molar-refractivity contribution in [3.63, 3.8) is 0 Å². The second kappa shape index (κ2) is 6.99. The minimum atomic E-state index is -0.507. The molecule has 4 rings (SSSR count). The van der Waals surface area contributed by atoms with Gasteiger partial charge >= 0.3 is 5.97 Å². The molecule has 2 heterocycles. The Morgan fingerprint density at radius 2 is 1.89 bits per heavy atom. The molecule has 0 bridgehead atoms. The van der Waals surface area contributed by atoms with Crippen LogP contribution in [0.25, 0.3) is 16.4 Å². The molecule has 6 heteroatoms. The number of fused-ring (bicyclic) bond motifs is 2. The maximum Gasteiger partial charge on any atom is 0.360 e. The molecule has 0 spiro atoms. The van der Waals surface area contributed by atoms with Gasteiger partial charge in [-0.1, -0.05) is 42.5 Å². The number of imidazole rings is 1. The van der Waals surface area contributed by atoms with E-state index in [-0.39, 0.29) is 12.3 Å². The van der Waals surface area contributed by atoms with Gasteiger partial charge in [0.1, 0.15) is 5.65 Å². The predicted molar refractivity (Wildman–Crippen MR) is 104 cm³/mol. The Hall–Kier alpha value is -3.54. The Labute approximate surface area is 156 Å². The van der Waals surface area contributed by atoms with Crippen molar-refractivity contribution >= 4 is 33.9 Å². The summed E-state index contributed by atoms with van der Waals surface area (Å²) in [4.78, 5) is 16.8. The molecule has 2 aromatic carbocycles. The first-order valence-corrected chi connectivity index (χ1v) is 8.73. The molecule has 134 valence electrons. The van der Waals surface area contributed by atoms with Gasteiger partial charge < -0.3 is 4.74 Å². The fraction of sp³-hybridized carbons (Fsp3) is 0.143. The van der Waals surface area contributed by atoms with Crippen molar-refractivity contribution in [2.75, 3.05) is 6.61 Å². The fourth-order valence-electron chi connectivity index (χ4n) is 3.02. The molecule has 2 aromatic heterocycles. The Balaban J connectivity index is 1.87. The molecule has 0 unspecified atom stereocenters. The average molecular weight is 358 g/mol. The molecular weight excluding hydrogens is 340 g/mol. The third kappa shape index (κ3) is 3.06. The van der Waals surface area contributed by atoms with E-state index in [4.69, 9.17) is 4.74 Å². The third-order valence-corrected chi connectivity index (χ3v) is 4.31. The summed E-state index contributed by atoms with van der Waals surface area (Å²) >= 11 is 0. The van der Waals surface area contributed by atoms with E-state index < -0.39 is 5.97 Å². The molecule has 0 saturated heterocycles. The van der Waals surface area contributed by atoms with Crippen molar-refractivity contribution in [2.45, 2.75) is 13.8 Å². The zero-order chi connectivity index (χ0) is 18.8. The number of aryl methyl sites for hydroxylation is 1. The first-order valence-electron chi connectivity index (χ1n) is 8.73. The zero-order valence-corrected chi connectivity index (χ0v) is 15.1. The number of rotatable bonds is 4. The average Bonchev–Trinajstić information content (AvgIpc) is 3.07. The SMILES string of the molecule is CCOC(=O)c1nc2c(C)cccn2c1N=Nc1cccc2ccccc12. The van der Waals surface area contributed by atoms with Gasteiger partial charge in [0.25, 0.3) is 0 Å². The standard InChI is InChI=1S/C21H18N4O2/c1-3-27-21(26)18-20(25-13-7-8-14(2)19(25)22-18)24-23-17-12-6-10-15-9-4-5-11-16(15)17/h4-13H,3H2,1-2H3. The molecule has 0 atom stereocenters. The van der Waals surface area contributed by atoms with E-state index in [0.29, 0.717) is 11.5 Å². The zero-order valence-electron chi connectivity index (χ0n) is 15.1. The van der Waals surface area contributed by atoms with Crippen LogP contribution in [-0.4, -0.2) is 22.0 Å². The summed E-state index contributed by atoms with van der Waals surface area (Å²) in [7, 11) is 0. The topological polar surface area (TPSA) is 68.3 Å². The van der Waals surface area contributed by atoms with Gasteiger partial charge in [0, 0.05) is 11.6 Å². The van der Waals surface area contributed by atoms with E-state index in [1.54, 1.807) is 11.3 Å². The van der Waals surface area contributed by atoms with Crippen LogP contribution in [0.5, 0.6) is 0 Å². The summed E-state index contributed by atoms with van der Waals surface area (Å²) in [5.74, 6) is -0.146. The second-order valence-electron chi connectivity index (χ2n) is 6.09. The van der Waals surface area contributed by atoms with Crippen LogP contribution in [-0.2, 0) is 4.74 Å². The van der Waals surface area contributed by atoms with Gasteiger partial charge in [-0.15, -0.1) is 10.2 Å². The number of pyridine rings is 1. The number of ether oxygens (including phenoxy) is 1. The van der Waals surface area contributed by atoms with Gasteiger partial charge in [0.15, 0.2) is 11.5 Å². The lowest BCUT2D eigenvalue weighted by Gasteiger charge is -2.02. The normalized spacial score (nSPS) is 11.5. The number of benzene rings is 2. The van der Waals surface area contributed by atoms with Crippen LogP contribution < -0.4 is 0 Å². The number of esters is 1. The summed E-state index contributed by atoms with van der Waals surface area (Å²) < 4.78 is 6.90. The van der Waals surface area contributed by atoms with Crippen LogP contribution in [0.4, 0.5) is 11.5 Å². The van der Waals surface area contributed by atoms with Crippen molar-refractivity contribution < 1.29 is 9.53 Å². The van der Waals surface area contributed by atoms with E-state index in [1.807, 2.05) is 67.7 Å². The lowest BCUT2D eigenvalue weighted by atomic mass is 10.1. The van der Waals surface area contributed by atoms with Crippen LogP contribution in [0.15, 0.2) is 71.0 Å². The van der Waals surface area contributed by atoms with E-state index >= 15 is 0 Å². The van der Waals surface area contributed by atoms with Crippen LogP contribution in [0, 0.1) is 6.92 Å². The van der Waals surface area contributed by atoms with Crippen LogP contribution >= 0.6 is 0 Å². The number of azo groups is 1. The van der Waals surface area contributed by atoms with Gasteiger partial charge in [-0.25, -0.2) is 9.78 Å². The third-order valence-electron chi connectivity index (χ3n) is 4.31. The molecule has 4 aromatic rings. The van der Waals surface area contributed by atoms with Crippen LogP contribution in [0.1, 0.15) is 23.0 Å². The highest BCUT2D eigenvalue weighted by Crippen LogP contribution is 2.30. The molecule has 0 fully saturated rings. The molecule has 0 radical (unpaired) electrons. The van der Waals surface area contributed by atoms with Crippen molar-refractivity contribution in [2.24, 2.45) is 10.2 Å². The number of aromatic nitrogens is 2. The quantitative estimate of drug-likeness (QED) is 0.363. The first kappa shape index (κ1) is 16.9. The predicted octanol–water partition coefficient (Wildman–Crippen LogP) is 5.39. The Morgan fingerprint density at radius 3 is 2.74 bits per heavy atom. The molecule has 6 nitrogen and oxygen atoms in total. The maximum absolute atomic E-state index is 12.4. The lowest BCUT2D eigenvalue weighted by Crippen LogP contribution is -2.05. The van der Waals surface area contributed by atoms with Gasteiger partial charge in [0.2, 0.25) is 0 Å². The van der Waals surface area contributed by atoms with Gasteiger partial charge in [0.05, 0.1) is 12.3 Å². The van der Waals surface area contributed by atoms with E-state index in [1.165, 1.54) is 0 Å². The van der Waals surface area contributed by atoms with E-state index in [9.17, 15) is 4.79 Å². The fourth-order valence-corrected chi connectivity index (χ4v) is 3.02. The van der Waals surface area contributed by atoms with E-state index in [2.05, 4.69) is 15.2 Å². The number of nitrogens with zero attached hydrogens (tertiary/aromatic N) is 4. The molecule has 0 aliphatic rings. The lowest BCUT2D eigenvalue weighted by molar-refractivity contribution is 0.0521. The van der Waals surface area contributed by atoms with Gasteiger partial charge in [-0.2, -0.15) is 0 Å². The number of carbonyl (C=O) groups excluding carboxylic acids is 1. The molecular formula is C21H18N4O2. The second-order valence-corrected chi connectivity index (χ2v) is 6.09. The highest BCUT2D eigenvalue weighted by atomic mass is 16.5. The van der Waals surface area contributed by atoms with Crippen molar-refractivity contribution in [1.29, 1.82) is 0 Å². The van der Waals surface area contributed by atoms with Crippen LogP contribution in [0.2, 0.25) is 0 Å².